The van der Waals surface area contributed by atoms with Crippen molar-refractivity contribution in [2.45, 2.75) is 32.1 Å². The van der Waals surface area contributed by atoms with E-state index in [1.165, 1.54) is 19.1 Å². The summed E-state index contributed by atoms with van der Waals surface area (Å²) in [5, 5.41) is 10.2. The quantitative estimate of drug-likeness (QED) is 0.619. The SMILES string of the molecule is COC(=O)C1=C(C(=O)OC)N(c2ccc(N3CCCCC3=O)c(C)c2)C(N)=C(C#N)C1c1ccccc1. The summed E-state index contributed by atoms with van der Waals surface area (Å²) in [5.41, 5.74) is 9.01. The number of carbonyl (C=O) groups is 3. The third-order valence-corrected chi connectivity index (χ3v) is 6.66. The van der Waals surface area contributed by atoms with Gasteiger partial charge in [0.1, 0.15) is 11.5 Å². The van der Waals surface area contributed by atoms with Crippen LogP contribution in [0.5, 0.6) is 0 Å². The molecule has 0 aliphatic carbocycles. The van der Waals surface area contributed by atoms with Crippen molar-refractivity contribution < 1.29 is 23.9 Å². The Hall–Kier alpha value is -4.58. The molecule has 1 atom stereocenters. The molecule has 0 aromatic heterocycles. The van der Waals surface area contributed by atoms with Crippen molar-refractivity contribution >= 4 is 29.2 Å². The van der Waals surface area contributed by atoms with Gasteiger partial charge in [0.25, 0.3) is 0 Å². The lowest BCUT2D eigenvalue weighted by Crippen LogP contribution is -2.41. The molecule has 0 radical (unpaired) electrons. The number of methoxy groups -OCH3 is 2. The van der Waals surface area contributed by atoms with Crippen LogP contribution in [0.2, 0.25) is 0 Å². The fourth-order valence-corrected chi connectivity index (χ4v) is 4.92. The first-order chi connectivity index (χ1) is 17.8. The molecule has 2 aromatic carbocycles. The van der Waals surface area contributed by atoms with Gasteiger partial charge in [-0.1, -0.05) is 30.3 Å². The Morgan fingerprint density at radius 3 is 2.35 bits per heavy atom. The lowest BCUT2D eigenvalue weighted by atomic mass is 9.81. The van der Waals surface area contributed by atoms with Crippen LogP contribution in [-0.4, -0.2) is 38.6 Å². The number of allylic oxidation sites excluding steroid dienone is 1. The van der Waals surface area contributed by atoms with E-state index in [9.17, 15) is 19.6 Å². The van der Waals surface area contributed by atoms with Crippen molar-refractivity contribution in [2.24, 2.45) is 5.73 Å². The maximum Gasteiger partial charge on any atom is 0.355 e. The van der Waals surface area contributed by atoms with E-state index < -0.39 is 17.9 Å². The number of amides is 1. The van der Waals surface area contributed by atoms with Gasteiger partial charge in [0.05, 0.1) is 37.4 Å². The highest BCUT2D eigenvalue weighted by atomic mass is 16.5. The summed E-state index contributed by atoms with van der Waals surface area (Å²) in [6, 6.07) is 16.2. The number of aryl methyl sites for hydroxylation is 1. The van der Waals surface area contributed by atoms with Crippen LogP contribution in [0.15, 0.2) is 71.2 Å². The molecule has 0 saturated carbocycles. The Labute approximate surface area is 215 Å². The van der Waals surface area contributed by atoms with Crippen molar-refractivity contribution in [3.8, 4) is 6.07 Å². The molecular formula is C28H28N4O5. The molecule has 4 rings (SSSR count). The van der Waals surface area contributed by atoms with Gasteiger partial charge in [0, 0.05) is 24.3 Å². The second kappa shape index (κ2) is 10.6. The lowest BCUT2D eigenvalue weighted by Gasteiger charge is -2.36. The number of hydrogen-bond donors (Lipinski definition) is 1. The van der Waals surface area contributed by atoms with Gasteiger partial charge in [-0.3, -0.25) is 9.69 Å². The zero-order valence-electron chi connectivity index (χ0n) is 21.0. The van der Waals surface area contributed by atoms with Crippen LogP contribution in [-0.2, 0) is 23.9 Å². The first kappa shape index (κ1) is 25.5. The first-order valence-corrected chi connectivity index (χ1v) is 11.9. The number of hydrogen-bond acceptors (Lipinski definition) is 8. The molecule has 190 valence electrons. The molecule has 37 heavy (non-hydrogen) atoms. The van der Waals surface area contributed by atoms with Crippen molar-refractivity contribution in [1.82, 2.24) is 0 Å². The average Bonchev–Trinajstić information content (AvgIpc) is 2.92. The minimum atomic E-state index is -0.935. The molecule has 0 bridgehead atoms. The van der Waals surface area contributed by atoms with Crippen molar-refractivity contribution in [3.63, 3.8) is 0 Å². The number of nitriles is 1. The zero-order valence-corrected chi connectivity index (χ0v) is 21.0. The molecule has 1 saturated heterocycles. The van der Waals surface area contributed by atoms with Gasteiger partial charge in [-0.2, -0.15) is 5.26 Å². The van der Waals surface area contributed by atoms with Gasteiger partial charge in [-0.05, 0) is 49.1 Å². The number of piperidine rings is 1. The third-order valence-electron chi connectivity index (χ3n) is 6.66. The van der Waals surface area contributed by atoms with Crippen molar-refractivity contribution in [3.05, 3.63) is 82.3 Å². The summed E-state index contributed by atoms with van der Waals surface area (Å²) in [7, 11) is 2.41. The summed E-state index contributed by atoms with van der Waals surface area (Å²) < 4.78 is 10.1. The first-order valence-electron chi connectivity index (χ1n) is 11.9. The van der Waals surface area contributed by atoms with Crippen molar-refractivity contribution in [1.29, 1.82) is 5.26 Å². The molecule has 1 unspecified atom stereocenters. The molecule has 2 aliphatic rings. The summed E-state index contributed by atoms with van der Waals surface area (Å²) in [5.74, 6) is -2.48. The molecule has 9 heteroatoms. The molecule has 2 N–H and O–H groups in total. The van der Waals surface area contributed by atoms with Crippen LogP contribution in [0.25, 0.3) is 0 Å². The Morgan fingerprint density at radius 1 is 1.05 bits per heavy atom. The lowest BCUT2D eigenvalue weighted by molar-refractivity contribution is -0.139. The highest BCUT2D eigenvalue weighted by molar-refractivity contribution is 6.06. The maximum absolute atomic E-state index is 13.2. The molecule has 2 aliphatic heterocycles. The fourth-order valence-electron chi connectivity index (χ4n) is 4.92. The number of anilines is 2. The number of carbonyl (C=O) groups excluding carboxylic acids is 3. The predicted molar refractivity (Wildman–Crippen MR) is 137 cm³/mol. The van der Waals surface area contributed by atoms with E-state index in [4.69, 9.17) is 15.2 Å². The Bertz CT molecular complexity index is 1360. The zero-order chi connectivity index (χ0) is 26.7. The van der Waals surface area contributed by atoms with Crippen LogP contribution in [0.4, 0.5) is 11.4 Å². The largest absolute Gasteiger partial charge is 0.466 e. The van der Waals surface area contributed by atoms with Crippen LogP contribution < -0.4 is 15.5 Å². The molecule has 2 heterocycles. The minimum Gasteiger partial charge on any atom is -0.466 e. The average molecular weight is 501 g/mol. The number of ether oxygens (including phenoxy) is 2. The second-order valence-corrected chi connectivity index (χ2v) is 8.81. The van der Waals surface area contributed by atoms with Gasteiger partial charge in [0.15, 0.2) is 0 Å². The van der Waals surface area contributed by atoms with Gasteiger partial charge in [-0.25, -0.2) is 9.59 Å². The molecule has 9 nitrogen and oxygen atoms in total. The van der Waals surface area contributed by atoms with E-state index in [-0.39, 0.29) is 28.6 Å². The Morgan fingerprint density at radius 2 is 1.76 bits per heavy atom. The van der Waals surface area contributed by atoms with Gasteiger partial charge >= 0.3 is 11.9 Å². The van der Waals surface area contributed by atoms with E-state index in [0.717, 1.165) is 24.1 Å². The van der Waals surface area contributed by atoms with E-state index in [1.54, 1.807) is 53.4 Å². The number of nitrogens with zero attached hydrogens (tertiary/aromatic N) is 3. The van der Waals surface area contributed by atoms with E-state index >= 15 is 0 Å². The third kappa shape index (κ3) is 4.54. The fraction of sp³-hybridized carbons (Fsp3) is 0.286. The topological polar surface area (TPSA) is 126 Å². The van der Waals surface area contributed by atoms with E-state index in [1.807, 2.05) is 6.92 Å². The van der Waals surface area contributed by atoms with Crippen LogP contribution in [0.3, 0.4) is 0 Å². The number of nitrogens with two attached hydrogens (primary N) is 1. The molecular weight excluding hydrogens is 472 g/mol. The molecule has 0 spiro atoms. The number of esters is 2. The van der Waals surface area contributed by atoms with Crippen LogP contribution >= 0.6 is 0 Å². The van der Waals surface area contributed by atoms with Crippen LogP contribution in [0.1, 0.15) is 36.3 Å². The highest BCUT2D eigenvalue weighted by Gasteiger charge is 2.43. The van der Waals surface area contributed by atoms with Crippen molar-refractivity contribution in [2.75, 3.05) is 30.6 Å². The standard InChI is InChI=1S/C28H28N4O5/c1-17-15-19(12-13-21(17)31-14-8-7-11-22(31)33)32-25(28(35)37-3)24(27(34)36-2)23(20(16-29)26(32)30)18-9-5-4-6-10-18/h4-6,9-10,12-13,15,23H,7-8,11,14,30H2,1-3H3. The number of rotatable bonds is 5. The smallest absolute Gasteiger partial charge is 0.355 e. The normalized spacial score (nSPS) is 18.0. The molecule has 2 aromatic rings. The van der Waals surface area contributed by atoms with E-state index in [2.05, 4.69) is 6.07 Å². The van der Waals surface area contributed by atoms with Gasteiger partial charge in [-0.15, -0.1) is 0 Å². The summed E-state index contributed by atoms with van der Waals surface area (Å²) >= 11 is 0. The van der Waals surface area contributed by atoms with E-state index in [0.29, 0.717) is 24.2 Å². The summed E-state index contributed by atoms with van der Waals surface area (Å²) in [6.07, 6.45) is 2.27. The monoisotopic (exact) mass is 500 g/mol. The van der Waals surface area contributed by atoms with Crippen LogP contribution in [0, 0.1) is 18.3 Å². The van der Waals surface area contributed by atoms with Gasteiger partial charge in [0.2, 0.25) is 5.91 Å². The molecule has 1 fully saturated rings. The van der Waals surface area contributed by atoms with Gasteiger partial charge < -0.3 is 20.1 Å². The summed E-state index contributed by atoms with van der Waals surface area (Å²) in [6.45, 7) is 2.48. The maximum atomic E-state index is 13.2. The Balaban J connectivity index is 1.94. The second-order valence-electron chi connectivity index (χ2n) is 8.81. The minimum absolute atomic E-state index is 0.00870. The highest BCUT2D eigenvalue weighted by Crippen LogP contribution is 2.43. The predicted octanol–water partition coefficient (Wildman–Crippen LogP) is 3.41. The molecule has 1 amide bonds. The number of benzene rings is 2. The Kier molecular flexibility index (Phi) is 7.30. The summed E-state index contributed by atoms with van der Waals surface area (Å²) in [4.78, 5) is 42.0.